The fourth-order valence-corrected chi connectivity index (χ4v) is 2.44. The van der Waals surface area contributed by atoms with Crippen LogP contribution in [0.15, 0.2) is 0 Å². The molecule has 0 radical (unpaired) electrons. The van der Waals surface area contributed by atoms with Gasteiger partial charge >= 0.3 is 5.97 Å². The first-order chi connectivity index (χ1) is 7.09. The summed E-state index contributed by atoms with van der Waals surface area (Å²) in [6.07, 6.45) is 7.29. The summed E-state index contributed by atoms with van der Waals surface area (Å²) in [5.41, 5.74) is 0. The molecule has 88 valence electrons. The summed E-state index contributed by atoms with van der Waals surface area (Å²) < 4.78 is 5.17. The lowest BCUT2D eigenvalue weighted by molar-refractivity contribution is -0.148. The molecule has 0 spiro atoms. The number of hydrogen-bond donors (Lipinski definition) is 0. The van der Waals surface area contributed by atoms with Crippen molar-refractivity contribution in [2.45, 2.75) is 65.4 Å². The van der Waals surface area contributed by atoms with Gasteiger partial charge in [0.25, 0.3) is 0 Å². The Morgan fingerprint density at radius 1 is 1.20 bits per heavy atom. The summed E-state index contributed by atoms with van der Waals surface area (Å²) in [6.45, 7) is 6.00. The van der Waals surface area contributed by atoms with Crippen LogP contribution >= 0.6 is 0 Å². The minimum Gasteiger partial charge on any atom is -0.463 e. The van der Waals surface area contributed by atoms with Crippen LogP contribution in [-0.4, -0.2) is 12.1 Å². The molecule has 1 saturated carbocycles. The standard InChI is InChI=1S/C13H24O2/c1-10(2)15-13(14)9-11(3)12-7-5-4-6-8-12/h10-12H,4-9H2,1-3H3. The summed E-state index contributed by atoms with van der Waals surface area (Å²) in [4.78, 5) is 11.5. The van der Waals surface area contributed by atoms with Crippen LogP contribution in [0.4, 0.5) is 0 Å². The summed E-state index contributed by atoms with van der Waals surface area (Å²) in [6, 6.07) is 0. The van der Waals surface area contributed by atoms with Crippen molar-refractivity contribution in [3.8, 4) is 0 Å². The number of carbonyl (C=O) groups excluding carboxylic acids is 1. The van der Waals surface area contributed by atoms with E-state index in [1.165, 1.54) is 32.1 Å². The van der Waals surface area contributed by atoms with Gasteiger partial charge in [-0.15, -0.1) is 0 Å². The van der Waals surface area contributed by atoms with Crippen molar-refractivity contribution in [3.63, 3.8) is 0 Å². The van der Waals surface area contributed by atoms with Gasteiger partial charge in [-0.3, -0.25) is 4.79 Å². The molecule has 1 fully saturated rings. The third kappa shape index (κ3) is 4.67. The van der Waals surface area contributed by atoms with Crippen LogP contribution in [0.2, 0.25) is 0 Å². The monoisotopic (exact) mass is 212 g/mol. The zero-order valence-electron chi connectivity index (χ0n) is 10.3. The van der Waals surface area contributed by atoms with Gasteiger partial charge in [0.2, 0.25) is 0 Å². The molecule has 0 amide bonds. The molecule has 0 saturated heterocycles. The smallest absolute Gasteiger partial charge is 0.306 e. The lowest BCUT2D eigenvalue weighted by atomic mass is 9.79. The highest BCUT2D eigenvalue weighted by atomic mass is 16.5. The maximum absolute atomic E-state index is 11.5. The third-order valence-corrected chi connectivity index (χ3v) is 3.31. The number of hydrogen-bond acceptors (Lipinski definition) is 2. The zero-order chi connectivity index (χ0) is 11.3. The molecule has 0 heterocycles. The Morgan fingerprint density at radius 3 is 2.33 bits per heavy atom. The van der Waals surface area contributed by atoms with E-state index in [0.717, 1.165) is 5.92 Å². The molecule has 2 heteroatoms. The van der Waals surface area contributed by atoms with Crippen molar-refractivity contribution >= 4 is 5.97 Å². The first kappa shape index (κ1) is 12.5. The fraction of sp³-hybridized carbons (Fsp3) is 0.923. The van der Waals surface area contributed by atoms with Gasteiger partial charge in [-0.2, -0.15) is 0 Å². The Bertz CT molecular complexity index is 193. The Hall–Kier alpha value is -0.530. The normalized spacial score (nSPS) is 20.3. The van der Waals surface area contributed by atoms with Gasteiger partial charge in [0.05, 0.1) is 6.10 Å². The zero-order valence-corrected chi connectivity index (χ0v) is 10.3. The van der Waals surface area contributed by atoms with Gasteiger partial charge < -0.3 is 4.74 Å². The Labute approximate surface area is 93.4 Å². The second kappa shape index (κ2) is 6.14. The van der Waals surface area contributed by atoms with Crippen LogP contribution in [0, 0.1) is 11.8 Å². The fourth-order valence-electron chi connectivity index (χ4n) is 2.44. The van der Waals surface area contributed by atoms with E-state index in [2.05, 4.69) is 6.92 Å². The van der Waals surface area contributed by atoms with Crippen LogP contribution < -0.4 is 0 Å². The SMILES string of the molecule is CC(C)OC(=O)CC(C)C1CCCCC1. The number of ether oxygens (including phenoxy) is 1. The molecule has 2 nitrogen and oxygen atoms in total. The van der Waals surface area contributed by atoms with Gasteiger partial charge in [-0.1, -0.05) is 39.0 Å². The molecular weight excluding hydrogens is 188 g/mol. The quantitative estimate of drug-likeness (QED) is 0.666. The second-order valence-electron chi connectivity index (χ2n) is 5.12. The Morgan fingerprint density at radius 2 is 1.80 bits per heavy atom. The van der Waals surface area contributed by atoms with E-state index in [1.54, 1.807) is 0 Å². The minimum atomic E-state index is -0.0249. The summed E-state index contributed by atoms with van der Waals surface area (Å²) >= 11 is 0. The van der Waals surface area contributed by atoms with Crippen molar-refractivity contribution in [2.75, 3.05) is 0 Å². The van der Waals surface area contributed by atoms with E-state index in [9.17, 15) is 4.79 Å². The van der Waals surface area contributed by atoms with Crippen molar-refractivity contribution in [1.82, 2.24) is 0 Å². The third-order valence-electron chi connectivity index (χ3n) is 3.31. The number of esters is 1. The van der Waals surface area contributed by atoms with Crippen molar-refractivity contribution in [1.29, 1.82) is 0 Å². The van der Waals surface area contributed by atoms with Gasteiger partial charge in [0.15, 0.2) is 0 Å². The molecule has 0 aliphatic heterocycles. The number of carbonyl (C=O) groups is 1. The van der Waals surface area contributed by atoms with Crippen molar-refractivity contribution in [2.24, 2.45) is 11.8 Å². The van der Waals surface area contributed by atoms with Crippen molar-refractivity contribution in [3.05, 3.63) is 0 Å². The van der Waals surface area contributed by atoms with Crippen molar-refractivity contribution < 1.29 is 9.53 Å². The van der Waals surface area contributed by atoms with E-state index in [-0.39, 0.29) is 12.1 Å². The molecule has 0 aromatic heterocycles. The molecule has 1 aliphatic rings. The lowest BCUT2D eigenvalue weighted by Crippen LogP contribution is -2.21. The summed E-state index contributed by atoms with van der Waals surface area (Å²) in [5, 5.41) is 0. The van der Waals surface area contributed by atoms with Crippen LogP contribution in [0.5, 0.6) is 0 Å². The first-order valence-corrected chi connectivity index (χ1v) is 6.29. The minimum absolute atomic E-state index is 0.0241. The number of rotatable bonds is 4. The molecule has 1 atom stereocenters. The maximum Gasteiger partial charge on any atom is 0.306 e. The van der Waals surface area contributed by atoms with Crippen LogP contribution in [0.3, 0.4) is 0 Å². The topological polar surface area (TPSA) is 26.3 Å². The van der Waals surface area contributed by atoms with E-state index < -0.39 is 0 Å². The molecule has 1 aliphatic carbocycles. The average Bonchev–Trinajstić information content (AvgIpc) is 2.17. The van der Waals surface area contributed by atoms with E-state index in [4.69, 9.17) is 4.74 Å². The Balaban J connectivity index is 2.27. The van der Waals surface area contributed by atoms with E-state index in [0.29, 0.717) is 12.3 Å². The highest BCUT2D eigenvalue weighted by Crippen LogP contribution is 2.31. The highest BCUT2D eigenvalue weighted by molar-refractivity contribution is 5.69. The lowest BCUT2D eigenvalue weighted by Gasteiger charge is -2.27. The summed E-state index contributed by atoms with van der Waals surface area (Å²) in [7, 11) is 0. The van der Waals surface area contributed by atoms with Gasteiger partial charge in [-0.05, 0) is 25.7 Å². The second-order valence-corrected chi connectivity index (χ2v) is 5.12. The van der Waals surface area contributed by atoms with Crippen LogP contribution in [0.1, 0.15) is 59.3 Å². The molecule has 15 heavy (non-hydrogen) atoms. The first-order valence-electron chi connectivity index (χ1n) is 6.29. The summed E-state index contributed by atoms with van der Waals surface area (Å²) in [5.74, 6) is 1.22. The molecular formula is C13H24O2. The van der Waals surface area contributed by atoms with Crippen LogP contribution in [0.25, 0.3) is 0 Å². The predicted octanol–water partition coefficient (Wildman–Crippen LogP) is 3.54. The van der Waals surface area contributed by atoms with E-state index >= 15 is 0 Å². The highest BCUT2D eigenvalue weighted by Gasteiger charge is 2.22. The van der Waals surface area contributed by atoms with Crippen LogP contribution in [-0.2, 0) is 9.53 Å². The molecule has 0 N–H and O–H groups in total. The largest absolute Gasteiger partial charge is 0.463 e. The average molecular weight is 212 g/mol. The van der Waals surface area contributed by atoms with Gasteiger partial charge in [-0.25, -0.2) is 0 Å². The van der Waals surface area contributed by atoms with Gasteiger partial charge in [0, 0.05) is 6.42 Å². The molecule has 1 rings (SSSR count). The maximum atomic E-state index is 11.5. The van der Waals surface area contributed by atoms with Gasteiger partial charge in [0.1, 0.15) is 0 Å². The molecule has 0 aromatic rings. The van der Waals surface area contributed by atoms with E-state index in [1.807, 2.05) is 13.8 Å². The Kier molecular flexibility index (Phi) is 5.13. The molecule has 0 aromatic carbocycles. The molecule has 1 unspecified atom stereocenters. The predicted molar refractivity (Wildman–Crippen MR) is 61.6 cm³/mol. The molecule has 0 bridgehead atoms.